The fraction of sp³-hybridized carbons (Fsp3) is 0.688. The monoisotopic (exact) mass is 562 g/mol. The lowest BCUT2D eigenvalue weighted by atomic mass is 9.78. The van der Waals surface area contributed by atoms with Crippen molar-refractivity contribution in [2.45, 2.75) is 82.0 Å². The summed E-state index contributed by atoms with van der Waals surface area (Å²) in [7, 11) is 0. The van der Waals surface area contributed by atoms with Crippen molar-refractivity contribution >= 4 is 6.21 Å². The Hall–Kier alpha value is -2.32. The molecule has 0 bridgehead atoms. The number of likely N-dealkylation sites (tertiary alicyclic amines) is 1. The van der Waals surface area contributed by atoms with Crippen molar-refractivity contribution in [1.29, 1.82) is 10.7 Å². The molecule has 6 rings (SSSR count). The molecule has 222 valence electrons. The summed E-state index contributed by atoms with van der Waals surface area (Å²) >= 11 is 0. The number of piperidine rings is 1. The molecular formula is C32H46N6O3. The zero-order valence-corrected chi connectivity index (χ0v) is 24.1. The molecule has 9 heteroatoms. The Kier molecular flexibility index (Phi) is 9.35. The topological polar surface area (TPSA) is 117 Å². The Morgan fingerprint density at radius 3 is 2.66 bits per heavy atom. The number of nitrogens with one attached hydrogen (secondary N) is 3. The largest absolute Gasteiger partial charge is 0.379 e. The molecule has 4 heterocycles. The lowest BCUT2D eigenvalue weighted by Gasteiger charge is -2.38. The molecule has 4 aliphatic heterocycles. The van der Waals surface area contributed by atoms with Crippen LogP contribution in [-0.4, -0.2) is 97.7 Å². The molecule has 0 spiro atoms. The predicted octanol–water partition coefficient (Wildman–Crippen LogP) is 2.82. The summed E-state index contributed by atoms with van der Waals surface area (Å²) in [6.07, 6.45) is 17.5. The molecule has 6 aliphatic rings. The summed E-state index contributed by atoms with van der Waals surface area (Å²) in [4.78, 5) is 4.62. The van der Waals surface area contributed by atoms with Gasteiger partial charge in [0.2, 0.25) is 0 Å². The van der Waals surface area contributed by atoms with E-state index in [0.29, 0.717) is 12.5 Å². The number of ether oxygens (including phenoxy) is 2. The fourth-order valence-corrected chi connectivity index (χ4v) is 7.55. The van der Waals surface area contributed by atoms with E-state index in [1.807, 2.05) is 4.90 Å². The molecule has 0 radical (unpaired) electrons. The molecule has 2 saturated heterocycles. The number of hydrogen-bond donors (Lipinski definition) is 4. The number of fused-ring (bicyclic) bond motifs is 1. The number of hydrogen-bond acceptors (Lipinski definition) is 9. The number of rotatable bonds is 8. The molecular weight excluding hydrogens is 516 g/mol. The van der Waals surface area contributed by atoms with Crippen LogP contribution in [-0.2, 0) is 9.47 Å². The second-order valence-electron chi connectivity index (χ2n) is 12.3. The highest BCUT2D eigenvalue weighted by atomic mass is 16.5. The molecule has 0 aromatic rings. The highest BCUT2D eigenvalue weighted by Crippen LogP contribution is 2.40. The minimum Gasteiger partial charge on any atom is -0.379 e. The highest BCUT2D eigenvalue weighted by Gasteiger charge is 2.38. The van der Waals surface area contributed by atoms with Crippen LogP contribution >= 0.6 is 0 Å². The van der Waals surface area contributed by atoms with E-state index in [9.17, 15) is 10.4 Å². The zero-order chi connectivity index (χ0) is 28.2. The van der Waals surface area contributed by atoms with Crippen molar-refractivity contribution in [3.63, 3.8) is 0 Å². The van der Waals surface area contributed by atoms with Gasteiger partial charge in [0.05, 0.1) is 43.6 Å². The molecule has 0 saturated carbocycles. The van der Waals surface area contributed by atoms with E-state index < -0.39 is 6.23 Å². The molecule has 0 aromatic carbocycles. The quantitative estimate of drug-likeness (QED) is 0.334. The Bertz CT molecular complexity index is 1110. The first kappa shape index (κ1) is 28.8. The summed E-state index contributed by atoms with van der Waals surface area (Å²) in [5.74, 6) is 0.123. The fourth-order valence-electron chi connectivity index (χ4n) is 7.55. The van der Waals surface area contributed by atoms with Crippen LogP contribution in [0.3, 0.4) is 0 Å². The van der Waals surface area contributed by atoms with Crippen molar-refractivity contribution in [1.82, 2.24) is 20.4 Å². The second kappa shape index (κ2) is 13.3. The van der Waals surface area contributed by atoms with E-state index in [4.69, 9.17) is 14.9 Å². The number of aliphatic hydroxyl groups is 1. The first-order chi connectivity index (χ1) is 20.1. The number of allylic oxidation sites excluding steroid dienone is 2. The summed E-state index contributed by atoms with van der Waals surface area (Å²) in [6, 6.07) is 3.21. The van der Waals surface area contributed by atoms with Crippen LogP contribution in [0.15, 0.2) is 46.7 Å². The number of morpholine rings is 1. The molecule has 2 fully saturated rings. The van der Waals surface area contributed by atoms with Gasteiger partial charge in [0.25, 0.3) is 0 Å². The Morgan fingerprint density at radius 1 is 1.12 bits per heavy atom. The molecule has 1 unspecified atom stereocenters. The molecule has 6 atom stereocenters. The lowest BCUT2D eigenvalue weighted by Crippen LogP contribution is -2.47. The van der Waals surface area contributed by atoms with Gasteiger partial charge < -0.3 is 25.3 Å². The normalized spacial score (nSPS) is 34.3. The van der Waals surface area contributed by atoms with Crippen LogP contribution in [0, 0.1) is 28.6 Å². The summed E-state index contributed by atoms with van der Waals surface area (Å²) in [6.45, 7) is 6.18. The Labute approximate surface area is 244 Å². The summed E-state index contributed by atoms with van der Waals surface area (Å²) in [5, 5.41) is 35.0. The van der Waals surface area contributed by atoms with Crippen LogP contribution in [0.2, 0.25) is 0 Å². The van der Waals surface area contributed by atoms with E-state index >= 15 is 0 Å². The summed E-state index contributed by atoms with van der Waals surface area (Å²) in [5.41, 5.74) is 5.41. The average molecular weight is 563 g/mol. The van der Waals surface area contributed by atoms with E-state index in [0.717, 1.165) is 84.5 Å². The molecule has 9 nitrogen and oxygen atoms in total. The van der Waals surface area contributed by atoms with E-state index in [1.54, 1.807) is 0 Å². The van der Waals surface area contributed by atoms with Gasteiger partial charge in [0.1, 0.15) is 6.23 Å². The van der Waals surface area contributed by atoms with Gasteiger partial charge >= 0.3 is 0 Å². The van der Waals surface area contributed by atoms with Crippen LogP contribution in [0.25, 0.3) is 0 Å². The third-order valence-corrected chi connectivity index (χ3v) is 9.94. The SMILES string of the molecule is N#C[C@@H]1CC(C2=CCNC3NC(C4=CC[C@H](N5CCOCC5)CC4)=C[C@H]23)=CC[C@@H]1OC1CCN([C@H](O)CC=N)CC1. The van der Waals surface area contributed by atoms with Gasteiger partial charge in [-0.3, -0.25) is 15.1 Å². The zero-order valence-electron chi connectivity index (χ0n) is 24.1. The number of aliphatic hydroxyl groups excluding tert-OH is 1. The maximum absolute atomic E-state index is 10.2. The standard InChI is InChI=1S/C32H46N6O3/c33-11-7-31(39)38-13-9-26(10-14-38)41-30-6-3-23(19-24(30)21-34)27-8-12-35-32-28(27)20-29(36-32)22-1-4-25(5-2-22)37-15-17-40-18-16-37/h1,3,8,11,20,24-26,28,30-33,35-36,39H,2,4-7,9-10,12-19H2/t24-,25-,28+,30-,31+,32?/m0/s1. The van der Waals surface area contributed by atoms with Gasteiger partial charge in [0, 0.05) is 56.8 Å². The minimum atomic E-state index is -0.580. The maximum atomic E-state index is 10.2. The van der Waals surface area contributed by atoms with Crippen LogP contribution < -0.4 is 10.6 Å². The maximum Gasteiger partial charge on any atom is 0.112 e. The predicted molar refractivity (Wildman–Crippen MR) is 158 cm³/mol. The molecule has 4 N–H and O–H groups in total. The summed E-state index contributed by atoms with van der Waals surface area (Å²) < 4.78 is 12.0. The smallest absolute Gasteiger partial charge is 0.112 e. The highest BCUT2D eigenvalue weighted by molar-refractivity contribution is 5.53. The lowest BCUT2D eigenvalue weighted by molar-refractivity contribution is -0.0824. The van der Waals surface area contributed by atoms with Crippen molar-refractivity contribution in [3.8, 4) is 6.07 Å². The van der Waals surface area contributed by atoms with E-state index in [-0.39, 0.29) is 30.2 Å². The van der Waals surface area contributed by atoms with Crippen LogP contribution in [0.5, 0.6) is 0 Å². The van der Waals surface area contributed by atoms with Gasteiger partial charge in [-0.05, 0) is 67.9 Å². The molecule has 0 amide bonds. The second-order valence-corrected chi connectivity index (χ2v) is 12.3. The van der Waals surface area contributed by atoms with E-state index in [2.05, 4.69) is 45.9 Å². The van der Waals surface area contributed by atoms with E-state index in [1.165, 1.54) is 35.1 Å². The Morgan fingerprint density at radius 2 is 1.93 bits per heavy atom. The van der Waals surface area contributed by atoms with Crippen molar-refractivity contribution in [2.75, 3.05) is 45.9 Å². The molecule has 41 heavy (non-hydrogen) atoms. The van der Waals surface area contributed by atoms with Crippen molar-refractivity contribution in [3.05, 3.63) is 46.7 Å². The first-order valence-corrected chi connectivity index (χ1v) is 15.7. The Balaban J connectivity index is 1.06. The number of nitriles is 1. The van der Waals surface area contributed by atoms with Gasteiger partial charge in [0.15, 0.2) is 0 Å². The van der Waals surface area contributed by atoms with Crippen molar-refractivity contribution < 1.29 is 14.6 Å². The first-order valence-electron chi connectivity index (χ1n) is 15.7. The van der Waals surface area contributed by atoms with Gasteiger partial charge in [-0.1, -0.05) is 24.3 Å². The third-order valence-electron chi connectivity index (χ3n) is 9.94. The van der Waals surface area contributed by atoms with Gasteiger partial charge in [-0.25, -0.2) is 0 Å². The van der Waals surface area contributed by atoms with Gasteiger partial charge in [-0.15, -0.1) is 0 Å². The van der Waals surface area contributed by atoms with Crippen LogP contribution in [0.4, 0.5) is 0 Å². The molecule has 0 aromatic heterocycles. The van der Waals surface area contributed by atoms with Crippen LogP contribution in [0.1, 0.15) is 51.4 Å². The molecule has 2 aliphatic carbocycles. The van der Waals surface area contributed by atoms with Crippen molar-refractivity contribution in [2.24, 2.45) is 11.8 Å². The number of nitrogens with zero attached hydrogens (tertiary/aromatic N) is 3. The van der Waals surface area contributed by atoms with Gasteiger partial charge in [-0.2, -0.15) is 5.26 Å². The third kappa shape index (κ3) is 6.53. The average Bonchev–Trinajstić information content (AvgIpc) is 3.47. The minimum absolute atomic E-state index is 0.0791.